The summed E-state index contributed by atoms with van der Waals surface area (Å²) in [6.07, 6.45) is 0. The largest absolute Gasteiger partial charge is 0.508 e. The lowest BCUT2D eigenvalue weighted by Crippen LogP contribution is -2.25. The molecular formula is C14H13ClN4O6S. The molecule has 0 aliphatic carbocycles. The van der Waals surface area contributed by atoms with Gasteiger partial charge in [0.2, 0.25) is 10.0 Å². The average molecular weight is 401 g/mol. The number of amides is 1. The second kappa shape index (κ2) is 7.99. The van der Waals surface area contributed by atoms with E-state index >= 15 is 0 Å². The molecule has 138 valence electrons. The molecule has 0 bridgehead atoms. The smallest absolute Gasteiger partial charge is 0.279 e. The molecule has 12 heteroatoms. The summed E-state index contributed by atoms with van der Waals surface area (Å²) in [5.41, 5.74) is 2.04. The molecule has 0 aliphatic rings. The SMILES string of the molecule is NS(=O)(=O)c1cc(Cl)ccc1OCC(=O)NN=Nc1ccc(O)cc1O. The van der Waals surface area contributed by atoms with Crippen molar-refractivity contribution in [1.82, 2.24) is 5.43 Å². The summed E-state index contributed by atoms with van der Waals surface area (Å²) in [4.78, 5) is 11.3. The van der Waals surface area contributed by atoms with Crippen LogP contribution < -0.4 is 15.3 Å². The Labute approximate surface area is 152 Å². The van der Waals surface area contributed by atoms with Gasteiger partial charge in [0.25, 0.3) is 5.91 Å². The van der Waals surface area contributed by atoms with Gasteiger partial charge in [-0.25, -0.2) is 19.0 Å². The topological polar surface area (TPSA) is 164 Å². The Morgan fingerprint density at radius 3 is 2.62 bits per heavy atom. The third kappa shape index (κ3) is 5.31. The molecule has 0 saturated carbocycles. The van der Waals surface area contributed by atoms with Crippen LogP contribution >= 0.6 is 11.6 Å². The first-order chi connectivity index (χ1) is 12.2. The third-order valence-electron chi connectivity index (χ3n) is 2.86. The van der Waals surface area contributed by atoms with Gasteiger partial charge in [-0.1, -0.05) is 16.8 Å². The summed E-state index contributed by atoms with van der Waals surface area (Å²) in [5, 5.41) is 30.8. The van der Waals surface area contributed by atoms with Gasteiger partial charge in [0.1, 0.15) is 27.8 Å². The van der Waals surface area contributed by atoms with Crippen molar-refractivity contribution in [2.24, 2.45) is 15.5 Å². The molecule has 0 aromatic heterocycles. The lowest BCUT2D eigenvalue weighted by Gasteiger charge is -2.09. The minimum absolute atomic E-state index is 0.0123. The summed E-state index contributed by atoms with van der Waals surface area (Å²) in [6.45, 7) is -0.579. The van der Waals surface area contributed by atoms with Crippen LogP contribution in [0.5, 0.6) is 17.2 Å². The fourth-order valence-electron chi connectivity index (χ4n) is 1.73. The van der Waals surface area contributed by atoms with Crippen molar-refractivity contribution in [3.05, 3.63) is 41.4 Å². The van der Waals surface area contributed by atoms with Crippen molar-refractivity contribution in [2.75, 3.05) is 6.61 Å². The fourth-order valence-corrected chi connectivity index (χ4v) is 2.67. The van der Waals surface area contributed by atoms with E-state index in [0.717, 1.165) is 12.1 Å². The maximum absolute atomic E-state index is 11.7. The van der Waals surface area contributed by atoms with Crippen molar-refractivity contribution in [2.45, 2.75) is 4.90 Å². The summed E-state index contributed by atoms with van der Waals surface area (Å²) >= 11 is 5.72. The Kier molecular flexibility index (Phi) is 5.97. The van der Waals surface area contributed by atoms with Gasteiger partial charge < -0.3 is 14.9 Å². The average Bonchev–Trinajstić information content (AvgIpc) is 2.55. The lowest BCUT2D eigenvalue weighted by atomic mass is 10.3. The highest BCUT2D eigenvalue weighted by atomic mass is 35.5. The number of ether oxygens (including phenoxy) is 1. The molecule has 0 fully saturated rings. The van der Waals surface area contributed by atoms with Gasteiger partial charge in [-0.15, -0.1) is 5.11 Å². The van der Waals surface area contributed by atoms with Crippen LogP contribution in [0, 0.1) is 0 Å². The number of phenols is 2. The standard InChI is InChI=1S/C14H13ClN4O6S/c15-8-1-4-12(13(5-8)26(16,23)24)25-7-14(22)18-19-17-10-3-2-9(20)6-11(10)21/h1-6,20-21H,7H2,(H2,16,23,24)(H,17,18,22). The number of hydrogen-bond donors (Lipinski definition) is 4. The maximum atomic E-state index is 11.7. The molecule has 0 aliphatic heterocycles. The maximum Gasteiger partial charge on any atom is 0.279 e. The number of carbonyl (C=O) groups is 1. The predicted molar refractivity (Wildman–Crippen MR) is 90.8 cm³/mol. The molecule has 5 N–H and O–H groups in total. The molecule has 0 spiro atoms. The Morgan fingerprint density at radius 1 is 1.23 bits per heavy atom. The fraction of sp³-hybridized carbons (Fsp3) is 0.0714. The quantitative estimate of drug-likeness (QED) is 0.424. The number of phenolic OH excluding ortho intramolecular Hbond substituents is 2. The van der Waals surface area contributed by atoms with Crippen LogP contribution in [0.2, 0.25) is 5.02 Å². The van der Waals surface area contributed by atoms with E-state index in [1.807, 2.05) is 5.43 Å². The summed E-state index contributed by atoms with van der Waals surface area (Å²) in [6, 6.07) is 7.32. The van der Waals surface area contributed by atoms with Gasteiger partial charge in [-0.2, -0.15) is 0 Å². The second-order valence-electron chi connectivity index (χ2n) is 4.83. The minimum atomic E-state index is -4.10. The normalized spacial score (nSPS) is 11.5. The number of primary sulfonamides is 1. The van der Waals surface area contributed by atoms with E-state index < -0.39 is 22.5 Å². The Bertz CT molecular complexity index is 964. The molecule has 0 heterocycles. The molecule has 0 saturated heterocycles. The molecule has 0 unspecified atom stereocenters. The number of nitrogens with zero attached hydrogens (tertiary/aromatic N) is 2. The molecular weight excluding hydrogens is 388 g/mol. The van der Waals surface area contributed by atoms with Crippen LogP contribution in [0.3, 0.4) is 0 Å². The van der Waals surface area contributed by atoms with Crippen LogP contribution in [0.4, 0.5) is 5.69 Å². The number of rotatable bonds is 6. The zero-order chi connectivity index (χ0) is 19.3. The Hall–Kier alpha value is -2.89. The van der Waals surface area contributed by atoms with Crippen molar-refractivity contribution in [3.8, 4) is 17.2 Å². The van der Waals surface area contributed by atoms with E-state index in [1.54, 1.807) is 0 Å². The molecule has 1 amide bonds. The number of halogens is 1. The summed E-state index contributed by atoms with van der Waals surface area (Å²) in [7, 11) is -4.10. The van der Waals surface area contributed by atoms with Crippen LogP contribution in [0.15, 0.2) is 51.6 Å². The number of carbonyl (C=O) groups excluding carboxylic acids is 1. The molecule has 0 atom stereocenters. The highest BCUT2D eigenvalue weighted by Crippen LogP contribution is 2.29. The molecule has 26 heavy (non-hydrogen) atoms. The minimum Gasteiger partial charge on any atom is -0.508 e. The summed E-state index contributed by atoms with van der Waals surface area (Å²) in [5.74, 6) is -1.40. The zero-order valence-electron chi connectivity index (χ0n) is 13.0. The third-order valence-corrected chi connectivity index (χ3v) is 4.03. The van der Waals surface area contributed by atoms with Crippen LogP contribution in [-0.4, -0.2) is 31.1 Å². The van der Waals surface area contributed by atoms with Gasteiger partial charge >= 0.3 is 0 Å². The zero-order valence-corrected chi connectivity index (χ0v) is 14.5. The molecule has 0 radical (unpaired) electrons. The van der Waals surface area contributed by atoms with Gasteiger partial charge in [0.15, 0.2) is 6.61 Å². The van der Waals surface area contributed by atoms with Crippen LogP contribution in [-0.2, 0) is 14.8 Å². The van der Waals surface area contributed by atoms with Crippen LogP contribution in [0.1, 0.15) is 0 Å². The van der Waals surface area contributed by atoms with Gasteiger partial charge in [0, 0.05) is 11.1 Å². The van der Waals surface area contributed by atoms with Gasteiger partial charge in [0.05, 0.1) is 0 Å². The highest BCUT2D eigenvalue weighted by molar-refractivity contribution is 7.89. The molecule has 2 aromatic carbocycles. The van der Waals surface area contributed by atoms with Crippen molar-refractivity contribution < 1.29 is 28.2 Å². The predicted octanol–water partition coefficient (Wildman–Crippen LogP) is 1.59. The lowest BCUT2D eigenvalue weighted by molar-refractivity contribution is -0.123. The highest BCUT2D eigenvalue weighted by Gasteiger charge is 2.16. The van der Waals surface area contributed by atoms with Crippen molar-refractivity contribution in [1.29, 1.82) is 0 Å². The molecule has 10 nitrogen and oxygen atoms in total. The van der Waals surface area contributed by atoms with E-state index in [2.05, 4.69) is 10.3 Å². The van der Waals surface area contributed by atoms with E-state index in [0.29, 0.717) is 0 Å². The number of aromatic hydroxyl groups is 2. The molecule has 2 rings (SSSR count). The number of nitrogens with one attached hydrogen (secondary N) is 1. The number of hydrogen-bond acceptors (Lipinski definition) is 8. The number of benzene rings is 2. The van der Waals surface area contributed by atoms with Gasteiger partial charge in [-0.05, 0) is 30.3 Å². The molecule has 2 aromatic rings. The van der Waals surface area contributed by atoms with Crippen LogP contribution in [0.25, 0.3) is 0 Å². The summed E-state index contributed by atoms with van der Waals surface area (Å²) < 4.78 is 28.1. The number of sulfonamides is 1. The van der Waals surface area contributed by atoms with E-state index in [-0.39, 0.29) is 32.9 Å². The Morgan fingerprint density at radius 2 is 1.96 bits per heavy atom. The Balaban J connectivity index is 1.98. The first-order valence-corrected chi connectivity index (χ1v) is 8.76. The van der Waals surface area contributed by atoms with Crippen molar-refractivity contribution >= 4 is 33.2 Å². The van der Waals surface area contributed by atoms with E-state index in [1.165, 1.54) is 24.3 Å². The first-order valence-electron chi connectivity index (χ1n) is 6.83. The number of nitrogens with two attached hydrogens (primary N) is 1. The van der Waals surface area contributed by atoms with E-state index in [9.17, 15) is 18.3 Å². The van der Waals surface area contributed by atoms with Crippen molar-refractivity contribution in [3.63, 3.8) is 0 Å². The van der Waals surface area contributed by atoms with E-state index in [4.69, 9.17) is 26.6 Å². The van der Waals surface area contributed by atoms with Gasteiger partial charge in [-0.3, -0.25) is 4.79 Å². The second-order valence-corrected chi connectivity index (χ2v) is 6.80. The first kappa shape index (κ1) is 19.4. The monoisotopic (exact) mass is 400 g/mol.